The van der Waals surface area contributed by atoms with Crippen molar-refractivity contribution in [3.8, 4) is 0 Å². The fourth-order valence-electron chi connectivity index (χ4n) is 2.88. The van der Waals surface area contributed by atoms with Gasteiger partial charge in [-0.2, -0.15) is 0 Å². The number of nitrogens with one attached hydrogen (secondary N) is 1. The van der Waals surface area contributed by atoms with Crippen molar-refractivity contribution in [2.75, 3.05) is 5.75 Å². The number of rotatable bonds is 12. The summed E-state index contributed by atoms with van der Waals surface area (Å²) in [7, 11) is -3.52. The van der Waals surface area contributed by atoms with Crippen molar-refractivity contribution in [3.63, 3.8) is 0 Å². The van der Waals surface area contributed by atoms with Gasteiger partial charge in [-0.1, -0.05) is 57.0 Å². The zero-order valence-electron chi connectivity index (χ0n) is 15.6. The fraction of sp³-hybridized carbons (Fsp3) is 0.579. The van der Waals surface area contributed by atoms with Gasteiger partial charge in [-0.25, -0.2) is 8.42 Å². The van der Waals surface area contributed by atoms with Crippen molar-refractivity contribution >= 4 is 21.7 Å². The highest BCUT2D eigenvalue weighted by atomic mass is 32.2. The summed E-state index contributed by atoms with van der Waals surface area (Å²) in [5, 5.41) is 1.99. The number of hydrogen-bond donors (Lipinski definition) is 2. The number of hydrogen-bond acceptors (Lipinski definition) is 4. The molecule has 2 amide bonds. The van der Waals surface area contributed by atoms with Crippen molar-refractivity contribution in [3.05, 3.63) is 35.9 Å². The van der Waals surface area contributed by atoms with E-state index in [1.807, 2.05) is 44.2 Å². The summed E-state index contributed by atoms with van der Waals surface area (Å²) in [6.07, 6.45) is 3.26. The van der Waals surface area contributed by atoms with E-state index in [1.54, 1.807) is 0 Å². The van der Waals surface area contributed by atoms with Crippen molar-refractivity contribution in [2.45, 2.75) is 63.7 Å². The number of primary amides is 1. The summed E-state index contributed by atoms with van der Waals surface area (Å²) in [5.74, 6) is -1.65. The second kappa shape index (κ2) is 11.0. The molecule has 3 N–H and O–H groups in total. The van der Waals surface area contributed by atoms with Gasteiger partial charge in [0.1, 0.15) is 6.04 Å². The fourth-order valence-corrected chi connectivity index (χ4v) is 5.05. The Morgan fingerprint density at radius 1 is 1.08 bits per heavy atom. The zero-order valence-corrected chi connectivity index (χ0v) is 16.4. The van der Waals surface area contributed by atoms with E-state index in [9.17, 15) is 18.0 Å². The first kappa shape index (κ1) is 22.2. The number of amides is 2. The van der Waals surface area contributed by atoms with Crippen LogP contribution >= 0.6 is 0 Å². The van der Waals surface area contributed by atoms with E-state index in [0.717, 1.165) is 18.4 Å². The van der Waals surface area contributed by atoms with E-state index in [-0.39, 0.29) is 12.3 Å². The van der Waals surface area contributed by atoms with Crippen LogP contribution < -0.4 is 11.1 Å². The van der Waals surface area contributed by atoms with E-state index >= 15 is 0 Å². The van der Waals surface area contributed by atoms with Gasteiger partial charge < -0.3 is 11.1 Å². The predicted octanol–water partition coefficient (Wildman–Crippen LogP) is 1.97. The molecular weight excluding hydrogens is 352 g/mol. The van der Waals surface area contributed by atoms with Gasteiger partial charge in [-0.15, -0.1) is 0 Å². The van der Waals surface area contributed by atoms with Crippen LogP contribution in [0.3, 0.4) is 0 Å². The lowest BCUT2D eigenvalue weighted by atomic mass is 10.1. The molecule has 1 aromatic carbocycles. The first-order valence-electron chi connectivity index (χ1n) is 9.14. The van der Waals surface area contributed by atoms with E-state index in [2.05, 4.69) is 5.32 Å². The molecule has 1 atom stereocenters. The summed E-state index contributed by atoms with van der Waals surface area (Å²) in [6.45, 7) is 3.85. The minimum absolute atomic E-state index is 0.168. The Morgan fingerprint density at radius 2 is 1.65 bits per heavy atom. The number of aryl methyl sites for hydroxylation is 1. The highest BCUT2D eigenvalue weighted by molar-refractivity contribution is 7.92. The minimum Gasteiger partial charge on any atom is -0.368 e. The second-order valence-corrected chi connectivity index (χ2v) is 8.86. The molecule has 7 heteroatoms. The minimum atomic E-state index is -3.52. The van der Waals surface area contributed by atoms with Crippen LogP contribution in [0.2, 0.25) is 0 Å². The second-order valence-electron chi connectivity index (χ2n) is 6.54. The van der Waals surface area contributed by atoms with Crippen LogP contribution in [0.5, 0.6) is 0 Å². The maximum absolute atomic E-state index is 12.6. The van der Waals surface area contributed by atoms with Crippen LogP contribution in [0.4, 0.5) is 0 Å². The first-order valence-corrected chi connectivity index (χ1v) is 10.9. The van der Waals surface area contributed by atoms with Crippen LogP contribution in [-0.4, -0.2) is 37.3 Å². The highest BCUT2D eigenvalue weighted by Gasteiger charge is 2.30. The molecule has 0 spiro atoms. The lowest BCUT2D eigenvalue weighted by Gasteiger charge is -2.21. The number of benzene rings is 1. The van der Waals surface area contributed by atoms with E-state index < -0.39 is 32.8 Å². The summed E-state index contributed by atoms with van der Waals surface area (Å²) in [5.41, 5.74) is 6.33. The molecular formula is C19H30N2O4S. The molecule has 1 aromatic rings. The molecule has 146 valence electrons. The van der Waals surface area contributed by atoms with Gasteiger partial charge in [0.2, 0.25) is 11.8 Å². The predicted molar refractivity (Wildman–Crippen MR) is 103 cm³/mol. The third kappa shape index (κ3) is 7.56. The van der Waals surface area contributed by atoms with Crippen molar-refractivity contribution in [1.82, 2.24) is 5.32 Å². The molecule has 0 aliphatic carbocycles. The van der Waals surface area contributed by atoms with Crippen molar-refractivity contribution in [2.24, 2.45) is 5.73 Å². The van der Waals surface area contributed by atoms with Gasteiger partial charge in [-0.3, -0.25) is 9.59 Å². The van der Waals surface area contributed by atoms with Crippen LogP contribution in [0.25, 0.3) is 0 Å². The summed E-state index contributed by atoms with van der Waals surface area (Å²) in [6, 6.07) is 8.27. The summed E-state index contributed by atoms with van der Waals surface area (Å²) >= 11 is 0. The highest BCUT2D eigenvalue weighted by Crippen LogP contribution is 2.16. The lowest BCUT2D eigenvalue weighted by molar-refractivity contribution is -0.126. The van der Waals surface area contributed by atoms with Gasteiger partial charge in [0.25, 0.3) is 0 Å². The largest absolute Gasteiger partial charge is 0.368 e. The Labute approximate surface area is 156 Å². The molecule has 0 bridgehead atoms. The van der Waals surface area contributed by atoms with Gasteiger partial charge in [0.05, 0.1) is 11.0 Å². The molecule has 0 aliphatic heterocycles. The molecule has 0 fully saturated rings. The maximum Gasteiger partial charge on any atom is 0.241 e. The van der Waals surface area contributed by atoms with Crippen molar-refractivity contribution in [1.29, 1.82) is 0 Å². The normalized spacial score (nSPS) is 12.7. The van der Waals surface area contributed by atoms with E-state index in [4.69, 9.17) is 5.73 Å². The average molecular weight is 383 g/mol. The maximum atomic E-state index is 12.6. The molecule has 0 saturated heterocycles. The Morgan fingerprint density at radius 3 is 2.15 bits per heavy atom. The Hall–Kier alpha value is -1.89. The van der Waals surface area contributed by atoms with Gasteiger partial charge in [-0.05, 0) is 24.8 Å². The molecule has 0 aromatic heterocycles. The van der Waals surface area contributed by atoms with E-state index in [0.29, 0.717) is 19.3 Å². The van der Waals surface area contributed by atoms with E-state index in [1.165, 1.54) is 0 Å². The molecule has 26 heavy (non-hydrogen) atoms. The molecule has 0 aliphatic rings. The van der Waals surface area contributed by atoms with Crippen LogP contribution in [0, 0.1) is 0 Å². The van der Waals surface area contributed by atoms with Gasteiger partial charge in [0, 0.05) is 6.42 Å². The monoisotopic (exact) mass is 382 g/mol. The Kier molecular flexibility index (Phi) is 9.34. The lowest BCUT2D eigenvalue weighted by Crippen LogP contribution is -2.49. The number of sulfone groups is 1. The quantitative estimate of drug-likeness (QED) is 0.576. The number of nitrogens with two attached hydrogens (primary N) is 1. The SMILES string of the molecule is CCCC(CCC)S(=O)(=O)C[C@H](NC(=O)CCc1ccccc1)C(N)=O. The molecule has 0 radical (unpaired) electrons. The molecule has 0 unspecified atom stereocenters. The molecule has 0 heterocycles. The smallest absolute Gasteiger partial charge is 0.241 e. The van der Waals surface area contributed by atoms with Crippen LogP contribution in [-0.2, 0) is 25.8 Å². The Bertz CT molecular complexity index is 668. The molecule has 0 saturated carbocycles. The summed E-state index contributed by atoms with van der Waals surface area (Å²) in [4.78, 5) is 23.8. The Balaban J connectivity index is 2.69. The first-order chi connectivity index (χ1) is 12.3. The molecule has 6 nitrogen and oxygen atoms in total. The standard InChI is InChI=1S/C19H30N2O4S/c1-3-8-16(9-4-2)26(24,25)14-17(19(20)23)21-18(22)13-12-15-10-6-5-7-11-15/h5-7,10-11,16-17H,3-4,8-9,12-14H2,1-2H3,(H2,20,23)(H,21,22)/t17-/m0/s1. The van der Waals surface area contributed by atoms with Gasteiger partial charge >= 0.3 is 0 Å². The average Bonchev–Trinajstić information content (AvgIpc) is 2.60. The van der Waals surface area contributed by atoms with Crippen molar-refractivity contribution < 1.29 is 18.0 Å². The topological polar surface area (TPSA) is 106 Å². The number of carbonyl (C=O) groups excluding carboxylic acids is 2. The zero-order chi connectivity index (χ0) is 19.6. The summed E-state index contributed by atoms with van der Waals surface area (Å²) < 4.78 is 25.3. The van der Waals surface area contributed by atoms with Crippen LogP contribution in [0.1, 0.15) is 51.5 Å². The third-order valence-corrected chi connectivity index (χ3v) is 6.58. The third-order valence-electron chi connectivity index (χ3n) is 4.29. The van der Waals surface area contributed by atoms with Gasteiger partial charge in [0.15, 0.2) is 9.84 Å². The molecule has 1 rings (SSSR count). The van der Waals surface area contributed by atoms with Crippen LogP contribution in [0.15, 0.2) is 30.3 Å². The number of carbonyl (C=O) groups is 2.